The van der Waals surface area contributed by atoms with Crippen molar-refractivity contribution in [2.45, 2.75) is 44.6 Å². The minimum Gasteiger partial charge on any atom is -0.354 e. The molecule has 1 aromatic heterocycles. The lowest BCUT2D eigenvalue weighted by Gasteiger charge is -2.49. The molecular formula is C37H32N2. The molecular weight excluding hydrogens is 472 g/mol. The number of aryl methyl sites for hydroxylation is 1. The first-order valence-corrected chi connectivity index (χ1v) is 14.2. The van der Waals surface area contributed by atoms with Crippen LogP contribution in [0.25, 0.3) is 27.2 Å². The number of H-pyrrole nitrogens is 1. The van der Waals surface area contributed by atoms with E-state index in [2.05, 4.69) is 133 Å². The molecule has 5 aromatic rings. The fourth-order valence-corrected chi connectivity index (χ4v) is 7.39. The number of aromatic nitrogens is 1. The number of nitrogens with zero attached hydrogens (tertiary/aromatic N) is 1. The van der Waals surface area contributed by atoms with Crippen molar-refractivity contribution < 1.29 is 0 Å². The standard InChI is InChI=1S/C37H32N2/c1-37(2)30-17-8-9-18-33(30)39(26-12-4-3-5-13-26)34-23-25(19-21-31(34)37)28-15-10-16-29-35-27-14-7-6-11-24(27)20-22-32(35)38-36(28)29/h3-9,11-15,17,19-23,33,38H,10,16,18H2,1-2H3. The molecule has 1 aliphatic heterocycles. The van der Waals surface area contributed by atoms with Crippen LogP contribution in [0, 0.1) is 0 Å². The normalized spacial score (nSPS) is 19.3. The summed E-state index contributed by atoms with van der Waals surface area (Å²) in [6, 6.07) is 31.8. The Morgan fingerprint density at radius 2 is 1.74 bits per heavy atom. The maximum Gasteiger partial charge on any atom is 0.0597 e. The fourth-order valence-electron chi connectivity index (χ4n) is 7.39. The third-order valence-corrected chi connectivity index (χ3v) is 9.24. The Hall–Kier alpha value is -4.30. The molecule has 3 aliphatic rings. The van der Waals surface area contributed by atoms with Crippen molar-refractivity contribution in [3.63, 3.8) is 0 Å². The molecule has 1 atom stereocenters. The molecule has 0 fully saturated rings. The number of allylic oxidation sites excluding steroid dienone is 3. The largest absolute Gasteiger partial charge is 0.354 e. The number of benzene rings is 4. The van der Waals surface area contributed by atoms with Gasteiger partial charge in [-0.2, -0.15) is 0 Å². The molecule has 2 heteroatoms. The highest BCUT2D eigenvalue weighted by molar-refractivity contribution is 6.10. The molecule has 0 spiro atoms. The lowest BCUT2D eigenvalue weighted by Crippen LogP contribution is -2.45. The van der Waals surface area contributed by atoms with Gasteiger partial charge in [-0.3, -0.25) is 0 Å². The maximum absolute atomic E-state index is 3.84. The molecule has 2 heterocycles. The first-order chi connectivity index (χ1) is 19.1. The van der Waals surface area contributed by atoms with Gasteiger partial charge >= 0.3 is 0 Å². The zero-order chi connectivity index (χ0) is 26.1. The van der Waals surface area contributed by atoms with Crippen molar-refractivity contribution in [3.8, 4) is 0 Å². The molecule has 0 radical (unpaired) electrons. The van der Waals surface area contributed by atoms with E-state index in [9.17, 15) is 0 Å². The van der Waals surface area contributed by atoms with Crippen LogP contribution in [0.5, 0.6) is 0 Å². The van der Waals surface area contributed by atoms with Crippen molar-refractivity contribution >= 4 is 38.6 Å². The van der Waals surface area contributed by atoms with Gasteiger partial charge in [-0.25, -0.2) is 0 Å². The summed E-state index contributed by atoms with van der Waals surface area (Å²) in [5, 5.41) is 4.05. The first kappa shape index (κ1) is 22.7. The first-order valence-electron chi connectivity index (χ1n) is 14.2. The van der Waals surface area contributed by atoms with Crippen molar-refractivity contribution in [3.05, 3.63) is 137 Å². The number of nitrogens with one attached hydrogen (secondary N) is 1. The third kappa shape index (κ3) is 3.27. The Morgan fingerprint density at radius 3 is 2.64 bits per heavy atom. The predicted octanol–water partition coefficient (Wildman–Crippen LogP) is 9.38. The molecule has 2 nitrogen and oxygen atoms in total. The van der Waals surface area contributed by atoms with Gasteiger partial charge in [-0.1, -0.05) is 98.8 Å². The Morgan fingerprint density at radius 1 is 0.897 bits per heavy atom. The number of anilines is 2. The van der Waals surface area contributed by atoms with Gasteiger partial charge in [0.05, 0.1) is 11.7 Å². The van der Waals surface area contributed by atoms with E-state index in [-0.39, 0.29) is 5.41 Å². The summed E-state index contributed by atoms with van der Waals surface area (Å²) < 4.78 is 0. The van der Waals surface area contributed by atoms with Gasteiger partial charge in [0.25, 0.3) is 0 Å². The highest BCUT2D eigenvalue weighted by Gasteiger charge is 2.42. The summed E-state index contributed by atoms with van der Waals surface area (Å²) in [5.41, 5.74) is 12.1. The molecule has 0 bridgehead atoms. The molecule has 39 heavy (non-hydrogen) atoms. The van der Waals surface area contributed by atoms with Crippen LogP contribution >= 0.6 is 0 Å². The second kappa shape index (κ2) is 8.35. The second-order valence-corrected chi connectivity index (χ2v) is 11.7. The highest BCUT2D eigenvalue weighted by Crippen LogP contribution is 2.51. The fraction of sp³-hybridized carbons (Fsp3) is 0.189. The summed E-state index contributed by atoms with van der Waals surface area (Å²) in [6.45, 7) is 4.79. The Labute approximate surface area is 230 Å². The molecule has 1 unspecified atom stereocenters. The molecule has 0 saturated heterocycles. The van der Waals surface area contributed by atoms with Crippen LogP contribution in [0.1, 0.15) is 49.1 Å². The zero-order valence-corrected chi connectivity index (χ0v) is 22.5. The van der Waals surface area contributed by atoms with Gasteiger partial charge in [0, 0.05) is 33.3 Å². The van der Waals surface area contributed by atoms with Gasteiger partial charge in [0.1, 0.15) is 0 Å². The molecule has 4 aromatic carbocycles. The molecule has 2 aliphatic carbocycles. The number of rotatable bonds is 2. The predicted molar refractivity (Wildman–Crippen MR) is 165 cm³/mol. The van der Waals surface area contributed by atoms with E-state index in [1.165, 1.54) is 66.6 Å². The topological polar surface area (TPSA) is 19.0 Å². The van der Waals surface area contributed by atoms with Crippen LogP contribution < -0.4 is 4.90 Å². The molecule has 190 valence electrons. The summed E-state index contributed by atoms with van der Waals surface area (Å²) in [5.74, 6) is 0. The summed E-state index contributed by atoms with van der Waals surface area (Å²) in [6.07, 6.45) is 12.5. The average Bonchev–Trinajstić information content (AvgIpc) is 3.37. The minimum absolute atomic E-state index is 0.0271. The number of fused-ring (bicyclic) bond motifs is 7. The van der Waals surface area contributed by atoms with Crippen LogP contribution in [0.4, 0.5) is 11.4 Å². The summed E-state index contributed by atoms with van der Waals surface area (Å²) >= 11 is 0. The molecule has 0 saturated carbocycles. The van der Waals surface area contributed by atoms with Crippen molar-refractivity contribution in [2.75, 3.05) is 4.90 Å². The van der Waals surface area contributed by atoms with E-state index in [1.807, 2.05) is 0 Å². The van der Waals surface area contributed by atoms with Crippen molar-refractivity contribution in [2.24, 2.45) is 0 Å². The molecule has 8 rings (SSSR count). The number of hydrogen-bond acceptors (Lipinski definition) is 1. The van der Waals surface area contributed by atoms with Crippen molar-refractivity contribution in [1.29, 1.82) is 0 Å². The highest BCUT2D eigenvalue weighted by atomic mass is 15.2. The van der Waals surface area contributed by atoms with E-state index < -0.39 is 0 Å². The van der Waals surface area contributed by atoms with E-state index in [1.54, 1.807) is 0 Å². The smallest absolute Gasteiger partial charge is 0.0597 e. The lowest BCUT2D eigenvalue weighted by molar-refractivity contribution is 0.522. The van der Waals surface area contributed by atoms with Gasteiger partial charge < -0.3 is 9.88 Å². The summed E-state index contributed by atoms with van der Waals surface area (Å²) in [4.78, 5) is 6.43. The quantitative estimate of drug-likeness (QED) is 0.254. The maximum atomic E-state index is 3.84. The average molecular weight is 505 g/mol. The third-order valence-electron chi connectivity index (χ3n) is 9.24. The lowest BCUT2D eigenvalue weighted by atomic mass is 9.68. The van der Waals surface area contributed by atoms with Crippen LogP contribution in [0.3, 0.4) is 0 Å². The van der Waals surface area contributed by atoms with Crippen LogP contribution in [-0.2, 0) is 11.8 Å². The Bertz CT molecular complexity index is 1860. The zero-order valence-electron chi connectivity index (χ0n) is 22.5. The van der Waals surface area contributed by atoms with Gasteiger partial charge in [0.2, 0.25) is 0 Å². The minimum atomic E-state index is -0.0271. The molecule has 1 N–H and O–H groups in total. The van der Waals surface area contributed by atoms with Gasteiger partial charge in [-0.05, 0) is 76.6 Å². The van der Waals surface area contributed by atoms with E-state index in [4.69, 9.17) is 0 Å². The number of para-hydroxylation sites is 1. The summed E-state index contributed by atoms with van der Waals surface area (Å²) in [7, 11) is 0. The van der Waals surface area contributed by atoms with E-state index in [0.717, 1.165) is 19.3 Å². The number of aromatic amines is 1. The van der Waals surface area contributed by atoms with Crippen LogP contribution in [0.15, 0.2) is 115 Å². The Balaban J connectivity index is 1.33. The van der Waals surface area contributed by atoms with Crippen LogP contribution in [0.2, 0.25) is 0 Å². The molecule has 0 amide bonds. The monoisotopic (exact) mass is 504 g/mol. The SMILES string of the molecule is CC1(C)C2=CC=CCC2N(c2ccccc2)c2cc(C3=CCCc4c3[nH]c3ccc5ccccc5c43)ccc21. The van der Waals surface area contributed by atoms with E-state index >= 15 is 0 Å². The second-order valence-electron chi connectivity index (χ2n) is 11.7. The Kier molecular flexibility index (Phi) is 4.85. The number of hydrogen-bond donors (Lipinski definition) is 1. The van der Waals surface area contributed by atoms with Gasteiger partial charge in [-0.15, -0.1) is 0 Å². The van der Waals surface area contributed by atoms with Crippen molar-refractivity contribution in [1.82, 2.24) is 4.98 Å². The van der Waals surface area contributed by atoms with E-state index in [0.29, 0.717) is 6.04 Å². The van der Waals surface area contributed by atoms with Crippen LogP contribution in [-0.4, -0.2) is 11.0 Å². The van der Waals surface area contributed by atoms with Gasteiger partial charge in [0.15, 0.2) is 0 Å².